The number of benzene rings is 1. The van der Waals surface area contributed by atoms with Gasteiger partial charge in [-0.3, -0.25) is 4.79 Å². The van der Waals surface area contributed by atoms with Gasteiger partial charge in [-0.25, -0.2) is 4.98 Å². The van der Waals surface area contributed by atoms with E-state index in [9.17, 15) is 4.79 Å². The van der Waals surface area contributed by atoms with Gasteiger partial charge in [0.2, 0.25) is 11.9 Å². The van der Waals surface area contributed by atoms with E-state index in [1.807, 2.05) is 31.2 Å². The molecule has 0 spiro atoms. The summed E-state index contributed by atoms with van der Waals surface area (Å²) in [5.74, 6) is 8.70. The van der Waals surface area contributed by atoms with Crippen LogP contribution in [0.3, 0.4) is 0 Å². The van der Waals surface area contributed by atoms with Crippen molar-refractivity contribution in [3.05, 3.63) is 36.0 Å². The number of nitrogens with zero attached hydrogens (tertiary/aromatic N) is 2. The van der Waals surface area contributed by atoms with Crippen LogP contribution in [0.1, 0.15) is 25.3 Å². The minimum absolute atomic E-state index is 0.0240. The molecular weight excluding hydrogens is 380 g/mol. The SMILES string of the molecule is CNc1ncc(C#C[C@H]2C[C@@H](NC(=O)[C@H](C)NC)C2)c(Nc2ccc(OC)cc2)n1. The second kappa shape index (κ2) is 9.94. The molecule has 1 heterocycles. The summed E-state index contributed by atoms with van der Waals surface area (Å²) in [7, 11) is 5.19. The number of methoxy groups -OCH3 is 1. The van der Waals surface area contributed by atoms with E-state index in [0.29, 0.717) is 11.8 Å². The van der Waals surface area contributed by atoms with Crippen molar-refractivity contribution >= 4 is 23.4 Å². The Bertz CT molecular complexity index is 929. The zero-order valence-electron chi connectivity index (χ0n) is 17.7. The zero-order chi connectivity index (χ0) is 21.5. The normalized spacial score (nSPS) is 18.3. The van der Waals surface area contributed by atoms with E-state index in [0.717, 1.165) is 29.8 Å². The molecule has 158 valence electrons. The number of nitrogens with one attached hydrogen (secondary N) is 4. The molecule has 1 aliphatic carbocycles. The van der Waals surface area contributed by atoms with E-state index < -0.39 is 0 Å². The summed E-state index contributed by atoms with van der Waals surface area (Å²) in [4.78, 5) is 20.7. The molecule has 3 rings (SSSR count). The van der Waals surface area contributed by atoms with Crippen LogP contribution in [0.25, 0.3) is 0 Å². The van der Waals surface area contributed by atoms with E-state index in [-0.39, 0.29) is 23.9 Å². The van der Waals surface area contributed by atoms with Gasteiger partial charge in [0, 0.05) is 24.7 Å². The van der Waals surface area contributed by atoms with Gasteiger partial charge in [0.25, 0.3) is 0 Å². The number of hydrogen-bond donors (Lipinski definition) is 4. The molecule has 4 N–H and O–H groups in total. The quantitative estimate of drug-likeness (QED) is 0.521. The Balaban J connectivity index is 1.66. The van der Waals surface area contributed by atoms with Gasteiger partial charge in [-0.1, -0.05) is 11.8 Å². The highest BCUT2D eigenvalue weighted by Gasteiger charge is 2.29. The van der Waals surface area contributed by atoms with Gasteiger partial charge in [-0.05, 0) is 51.1 Å². The molecule has 1 aromatic carbocycles. The second-order valence-corrected chi connectivity index (χ2v) is 7.21. The first-order valence-electron chi connectivity index (χ1n) is 9.97. The second-order valence-electron chi connectivity index (χ2n) is 7.21. The van der Waals surface area contributed by atoms with Crippen molar-refractivity contribution in [3.8, 4) is 17.6 Å². The predicted molar refractivity (Wildman–Crippen MR) is 118 cm³/mol. The summed E-state index contributed by atoms with van der Waals surface area (Å²) >= 11 is 0. The molecule has 0 bridgehead atoms. The Labute approximate surface area is 177 Å². The van der Waals surface area contributed by atoms with Crippen LogP contribution in [0.4, 0.5) is 17.5 Å². The third-order valence-corrected chi connectivity index (χ3v) is 5.09. The van der Waals surface area contributed by atoms with Gasteiger partial charge in [0.1, 0.15) is 5.75 Å². The lowest BCUT2D eigenvalue weighted by atomic mass is 9.80. The van der Waals surface area contributed by atoms with E-state index in [2.05, 4.69) is 43.1 Å². The summed E-state index contributed by atoms with van der Waals surface area (Å²) in [6, 6.07) is 7.60. The number of likely N-dealkylation sites (N-methyl/N-ethyl adjacent to an activating group) is 1. The molecule has 1 atom stereocenters. The molecule has 0 radical (unpaired) electrons. The molecule has 0 saturated heterocycles. The highest BCUT2D eigenvalue weighted by atomic mass is 16.5. The van der Waals surface area contributed by atoms with Crippen LogP contribution in [-0.4, -0.2) is 49.2 Å². The number of anilines is 3. The molecule has 0 unspecified atom stereocenters. The maximum Gasteiger partial charge on any atom is 0.237 e. The zero-order valence-corrected chi connectivity index (χ0v) is 17.7. The Morgan fingerprint density at radius 1 is 1.23 bits per heavy atom. The number of ether oxygens (including phenoxy) is 1. The maximum atomic E-state index is 11.9. The standard InChI is InChI=1S/C22H28N6O2/c1-14(23-2)21(29)27-18-11-15(12-18)5-6-16-13-25-22(24-3)28-20(16)26-17-7-9-19(30-4)10-8-17/h7-10,13-15,18,23H,11-12H2,1-4H3,(H,27,29)(H2,24,25,26,28)/t14-,15-,18+/m0/s1. The van der Waals surface area contributed by atoms with Gasteiger partial charge in [0.15, 0.2) is 5.82 Å². The molecule has 8 heteroatoms. The molecule has 2 aromatic rings. The van der Waals surface area contributed by atoms with E-state index in [4.69, 9.17) is 4.74 Å². The number of rotatable bonds is 7. The lowest BCUT2D eigenvalue weighted by Crippen LogP contribution is -2.49. The third kappa shape index (κ3) is 5.39. The first-order chi connectivity index (χ1) is 14.5. The Morgan fingerprint density at radius 2 is 1.97 bits per heavy atom. The smallest absolute Gasteiger partial charge is 0.237 e. The fourth-order valence-corrected chi connectivity index (χ4v) is 2.99. The molecule has 30 heavy (non-hydrogen) atoms. The lowest BCUT2D eigenvalue weighted by Gasteiger charge is -2.33. The number of hydrogen-bond acceptors (Lipinski definition) is 7. The van der Waals surface area contributed by atoms with Crippen molar-refractivity contribution in [1.29, 1.82) is 0 Å². The molecular formula is C22H28N6O2. The van der Waals surface area contributed by atoms with Crippen molar-refractivity contribution < 1.29 is 9.53 Å². The number of aromatic nitrogens is 2. The minimum atomic E-state index is -0.190. The molecule has 1 aromatic heterocycles. The van der Waals surface area contributed by atoms with Crippen LogP contribution in [-0.2, 0) is 4.79 Å². The lowest BCUT2D eigenvalue weighted by molar-refractivity contribution is -0.124. The first kappa shape index (κ1) is 21.4. The predicted octanol–water partition coefficient (Wildman–Crippen LogP) is 2.12. The summed E-state index contributed by atoms with van der Waals surface area (Å²) in [5.41, 5.74) is 1.60. The maximum absolute atomic E-state index is 11.9. The monoisotopic (exact) mass is 408 g/mol. The highest BCUT2D eigenvalue weighted by Crippen LogP contribution is 2.27. The first-order valence-corrected chi connectivity index (χ1v) is 9.97. The third-order valence-electron chi connectivity index (χ3n) is 5.09. The molecule has 1 saturated carbocycles. The minimum Gasteiger partial charge on any atom is -0.497 e. The van der Waals surface area contributed by atoms with Crippen molar-refractivity contribution in [2.75, 3.05) is 31.8 Å². The van der Waals surface area contributed by atoms with Crippen molar-refractivity contribution in [2.45, 2.75) is 31.8 Å². The summed E-state index contributed by atoms with van der Waals surface area (Å²) in [5, 5.41) is 12.2. The van der Waals surface area contributed by atoms with Crippen molar-refractivity contribution in [3.63, 3.8) is 0 Å². The Hall–Kier alpha value is -3.31. The van der Waals surface area contributed by atoms with Crippen LogP contribution < -0.4 is 26.0 Å². The van der Waals surface area contributed by atoms with E-state index >= 15 is 0 Å². The summed E-state index contributed by atoms with van der Waals surface area (Å²) in [6.45, 7) is 1.84. The summed E-state index contributed by atoms with van der Waals surface area (Å²) in [6.07, 6.45) is 3.42. The van der Waals surface area contributed by atoms with Gasteiger partial charge in [-0.2, -0.15) is 4.98 Å². The molecule has 1 fully saturated rings. The molecule has 0 aliphatic heterocycles. The highest BCUT2D eigenvalue weighted by molar-refractivity contribution is 5.81. The number of amides is 1. The Morgan fingerprint density at radius 3 is 2.60 bits per heavy atom. The molecule has 1 aliphatic rings. The molecule has 8 nitrogen and oxygen atoms in total. The topological polar surface area (TPSA) is 100 Å². The van der Waals surface area contributed by atoms with Crippen LogP contribution in [0, 0.1) is 17.8 Å². The van der Waals surface area contributed by atoms with E-state index in [1.165, 1.54) is 0 Å². The van der Waals surface area contributed by atoms with E-state index in [1.54, 1.807) is 27.4 Å². The van der Waals surface area contributed by atoms with Crippen LogP contribution >= 0.6 is 0 Å². The summed E-state index contributed by atoms with van der Waals surface area (Å²) < 4.78 is 5.20. The van der Waals surface area contributed by atoms with Gasteiger partial charge < -0.3 is 26.0 Å². The fraction of sp³-hybridized carbons (Fsp3) is 0.409. The fourth-order valence-electron chi connectivity index (χ4n) is 2.99. The molecule has 1 amide bonds. The average Bonchev–Trinajstić information content (AvgIpc) is 2.75. The van der Waals surface area contributed by atoms with Crippen LogP contribution in [0.5, 0.6) is 5.75 Å². The Kier molecular flexibility index (Phi) is 7.09. The largest absolute Gasteiger partial charge is 0.497 e. The van der Waals surface area contributed by atoms with Gasteiger partial charge in [-0.15, -0.1) is 0 Å². The van der Waals surface area contributed by atoms with Crippen molar-refractivity contribution in [2.24, 2.45) is 5.92 Å². The van der Waals surface area contributed by atoms with Gasteiger partial charge in [0.05, 0.1) is 24.9 Å². The van der Waals surface area contributed by atoms with Gasteiger partial charge >= 0.3 is 0 Å². The van der Waals surface area contributed by atoms with Crippen LogP contribution in [0.2, 0.25) is 0 Å². The number of carbonyl (C=O) groups excluding carboxylic acids is 1. The van der Waals surface area contributed by atoms with Crippen LogP contribution in [0.15, 0.2) is 30.5 Å². The average molecular weight is 409 g/mol. The number of carbonyl (C=O) groups is 1. The van der Waals surface area contributed by atoms with Crippen molar-refractivity contribution in [1.82, 2.24) is 20.6 Å².